The number of rotatable bonds is 10. The summed E-state index contributed by atoms with van der Waals surface area (Å²) < 4.78 is 7.31. The molecule has 33 heavy (non-hydrogen) atoms. The predicted molar refractivity (Wildman–Crippen MR) is 130 cm³/mol. The SMILES string of the molecule is CC(C)C[C@H](N)COc1ccc2nc(-c3ccccc3)n(CC(=O)NCC3CC3)c(=O)c2c1. The minimum Gasteiger partial charge on any atom is -0.492 e. The lowest BCUT2D eigenvalue weighted by molar-refractivity contribution is -0.121. The van der Waals surface area contributed by atoms with Crippen LogP contribution < -0.4 is 21.3 Å². The summed E-state index contributed by atoms with van der Waals surface area (Å²) >= 11 is 0. The highest BCUT2D eigenvalue weighted by Crippen LogP contribution is 2.27. The van der Waals surface area contributed by atoms with Gasteiger partial charge in [-0.3, -0.25) is 14.2 Å². The highest BCUT2D eigenvalue weighted by atomic mass is 16.5. The summed E-state index contributed by atoms with van der Waals surface area (Å²) in [5.74, 6) is 1.91. The van der Waals surface area contributed by atoms with Crippen LogP contribution in [0.15, 0.2) is 53.3 Å². The second kappa shape index (κ2) is 10.2. The summed E-state index contributed by atoms with van der Waals surface area (Å²) in [6.07, 6.45) is 3.16. The van der Waals surface area contributed by atoms with Crippen LogP contribution in [0.1, 0.15) is 33.1 Å². The Morgan fingerprint density at radius 3 is 2.67 bits per heavy atom. The van der Waals surface area contributed by atoms with Crippen molar-refractivity contribution in [2.45, 2.75) is 45.7 Å². The van der Waals surface area contributed by atoms with Gasteiger partial charge in [-0.15, -0.1) is 0 Å². The number of hydrogen-bond donors (Lipinski definition) is 2. The summed E-state index contributed by atoms with van der Waals surface area (Å²) in [4.78, 5) is 30.9. The lowest BCUT2D eigenvalue weighted by Gasteiger charge is -2.16. The van der Waals surface area contributed by atoms with E-state index in [1.54, 1.807) is 18.2 Å². The van der Waals surface area contributed by atoms with Gasteiger partial charge in [-0.2, -0.15) is 0 Å². The third-order valence-electron chi connectivity index (χ3n) is 5.78. The van der Waals surface area contributed by atoms with E-state index in [1.165, 1.54) is 4.57 Å². The number of hydrogen-bond acceptors (Lipinski definition) is 5. The Morgan fingerprint density at radius 2 is 1.97 bits per heavy atom. The van der Waals surface area contributed by atoms with Crippen molar-refractivity contribution >= 4 is 16.8 Å². The largest absolute Gasteiger partial charge is 0.492 e. The van der Waals surface area contributed by atoms with E-state index in [0.717, 1.165) is 24.8 Å². The van der Waals surface area contributed by atoms with Gasteiger partial charge in [-0.1, -0.05) is 44.2 Å². The number of ether oxygens (including phenoxy) is 1. The number of carbonyl (C=O) groups is 1. The Bertz CT molecular complexity index is 1170. The van der Waals surface area contributed by atoms with Crippen LogP contribution in [0.25, 0.3) is 22.3 Å². The first-order chi connectivity index (χ1) is 15.9. The van der Waals surface area contributed by atoms with Gasteiger partial charge < -0.3 is 15.8 Å². The van der Waals surface area contributed by atoms with E-state index in [0.29, 0.717) is 47.5 Å². The Balaban J connectivity index is 1.65. The van der Waals surface area contributed by atoms with Gasteiger partial charge in [0.1, 0.15) is 24.7 Å². The van der Waals surface area contributed by atoms with Crippen LogP contribution in [-0.4, -0.2) is 34.7 Å². The zero-order chi connectivity index (χ0) is 23.4. The highest BCUT2D eigenvalue weighted by Gasteiger charge is 2.22. The molecule has 1 aliphatic rings. The molecule has 1 atom stereocenters. The summed E-state index contributed by atoms with van der Waals surface area (Å²) in [5.41, 5.74) is 7.21. The number of nitrogens with two attached hydrogens (primary N) is 1. The average molecular weight is 449 g/mol. The second-order valence-electron chi connectivity index (χ2n) is 9.32. The van der Waals surface area contributed by atoms with Gasteiger partial charge in [-0.05, 0) is 49.3 Å². The number of amides is 1. The van der Waals surface area contributed by atoms with Crippen LogP contribution in [0.3, 0.4) is 0 Å². The van der Waals surface area contributed by atoms with Gasteiger partial charge in [0, 0.05) is 18.2 Å². The number of aromatic nitrogens is 2. The Kier molecular flexibility index (Phi) is 7.08. The van der Waals surface area contributed by atoms with Crippen molar-refractivity contribution in [2.24, 2.45) is 17.6 Å². The molecule has 0 radical (unpaired) electrons. The predicted octanol–water partition coefficient (Wildman–Crippen LogP) is 3.34. The van der Waals surface area contributed by atoms with Crippen LogP contribution in [-0.2, 0) is 11.3 Å². The maximum Gasteiger partial charge on any atom is 0.262 e. The third-order valence-corrected chi connectivity index (χ3v) is 5.78. The van der Waals surface area contributed by atoms with Gasteiger partial charge >= 0.3 is 0 Å². The molecular weight excluding hydrogens is 416 g/mol. The minimum absolute atomic E-state index is 0.0777. The lowest BCUT2D eigenvalue weighted by Crippen LogP contribution is -2.34. The van der Waals surface area contributed by atoms with Crippen LogP contribution >= 0.6 is 0 Å². The van der Waals surface area contributed by atoms with E-state index in [2.05, 4.69) is 19.2 Å². The van der Waals surface area contributed by atoms with E-state index in [1.807, 2.05) is 30.3 Å². The van der Waals surface area contributed by atoms with Crippen molar-refractivity contribution in [3.8, 4) is 17.1 Å². The maximum absolute atomic E-state index is 13.5. The van der Waals surface area contributed by atoms with E-state index < -0.39 is 0 Å². The Labute approximate surface area is 194 Å². The number of fused-ring (bicyclic) bond motifs is 1. The van der Waals surface area contributed by atoms with Gasteiger partial charge in [0.2, 0.25) is 5.91 Å². The molecule has 0 aliphatic heterocycles. The van der Waals surface area contributed by atoms with Crippen molar-refractivity contribution < 1.29 is 9.53 Å². The second-order valence-corrected chi connectivity index (χ2v) is 9.32. The molecule has 3 N–H and O–H groups in total. The van der Waals surface area contributed by atoms with Gasteiger partial charge in [0.15, 0.2) is 0 Å². The molecule has 174 valence electrons. The molecule has 0 saturated heterocycles. The Hall–Kier alpha value is -3.19. The molecular formula is C26H32N4O3. The highest BCUT2D eigenvalue weighted by molar-refractivity contribution is 5.82. The van der Waals surface area contributed by atoms with Gasteiger partial charge in [0.25, 0.3) is 5.56 Å². The molecule has 7 heteroatoms. The van der Waals surface area contributed by atoms with E-state index in [-0.39, 0.29) is 24.1 Å². The molecule has 1 heterocycles. The fourth-order valence-electron chi connectivity index (χ4n) is 3.90. The number of nitrogens with zero attached hydrogens (tertiary/aromatic N) is 2. The monoisotopic (exact) mass is 448 g/mol. The molecule has 1 aliphatic carbocycles. The first-order valence-corrected chi connectivity index (χ1v) is 11.7. The molecule has 0 spiro atoms. The van der Waals surface area contributed by atoms with E-state index >= 15 is 0 Å². The molecule has 3 aromatic rings. The van der Waals surface area contributed by atoms with Gasteiger partial charge in [0.05, 0.1) is 10.9 Å². The fraction of sp³-hybridized carbons (Fsp3) is 0.423. The molecule has 1 amide bonds. The fourth-order valence-corrected chi connectivity index (χ4v) is 3.90. The summed E-state index contributed by atoms with van der Waals surface area (Å²) in [7, 11) is 0. The molecule has 0 unspecified atom stereocenters. The Morgan fingerprint density at radius 1 is 1.21 bits per heavy atom. The quantitative estimate of drug-likeness (QED) is 0.496. The van der Waals surface area contributed by atoms with Crippen LogP contribution in [0.2, 0.25) is 0 Å². The number of carbonyl (C=O) groups excluding carboxylic acids is 1. The number of nitrogens with one attached hydrogen (secondary N) is 1. The molecule has 1 fully saturated rings. The standard InChI is InChI=1S/C26H32N4O3/c1-17(2)12-20(27)16-33-21-10-11-23-22(13-21)26(32)30(15-24(31)28-14-18-8-9-18)25(29-23)19-6-4-3-5-7-19/h3-7,10-11,13,17-18,20H,8-9,12,14-16,27H2,1-2H3,(H,28,31)/t20-/m0/s1. The molecule has 4 rings (SSSR count). The van der Waals surface area contributed by atoms with Crippen LogP contribution in [0, 0.1) is 11.8 Å². The average Bonchev–Trinajstić information content (AvgIpc) is 3.63. The summed E-state index contributed by atoms with van der Waals surface area (Å²) in [6, 6.07) is 14.7. The molecule has 1 saturated carbocycles. The molecule has 1 aromatic heterocycles. The molecule has 0 bridgehead atoms. The molecule has 7 nitrogen and oxygen atoms in total. The normalized spacial score (nSPS) is 14.4. The van der Waals surface area contributed by atoms with Crippen molar-refractivity contribution in [3.63, 3.8) is 0 Å². The topological polar surface area (TPSA) is 99.2 Å². The maximum atomic E-state index is 13.5. The van der Waals surface area contributed by atoms with Crippen LogP contribution in [0.5, 0.6) is 5.75 Å². The zero-order valence-corrected chi connectivity index (χ0v) is 19.3. The van der Waals surface area contributed by atoms with Crippen molar-refractivity contribution in [1.29, 1.82) is 0 Å². The van der Waals surface area contributed by atoms with Crippen LogP contribution in [0.4, 0.5) is 0 Å². The minimum atomic E-state index is -0.266. The summed E-state index contributed by atoms with van der Waals surface area (Å²) in [5, 5.41) is 3.36. The smallest absolute Gasteiger partial charge is 0.262 e. The molecule has 2 aromatic carbocycles. The van der Waals surface area contributed by atoms with Gasteiger partial charge in [-0.25, -0.2) is 4.98 Å². The van der Waals surface area contributed by atoms with Crippen molar-refractivity contribution in [3.05, 3.63) is 58.9 Å². The number of benzene rings is 2. The third kappa shape index (κ3) is 5.99. The van der Waals surface area contributed by atoms with Crippen molar-refractivity contribution in [2.75, 3.05) is 13.2 Å². The summed E-state index contributed by atoms with van der Waals surface area (Å²) in [6.45, 7) is 5.19. The van der Waals surface area contributed by atoms with Crippen molar-refractivity contribution in [1.82, 2.24) is 14.9 Å². The zero-order valence-electron chi connectivity index (χ0n) is 19.3. The first-order valence-electron chi connectivity index (χ1n) is 11.7. The first kappa shape index (κ1) is 23.0. The lowest BCUT2D eigenvalue weighted by atomic mass is 10.1. The van der Waals surface area contributed by atoms with E-state index in [4.69, 9.17) is 15.5 Å². The van der Waals surface area contributed by atoms with E-state index in [9.17, 15) is 9.59 Å².